The standard InChI is InChI=1S/C14H22/c1-11(2)8-9-12(3)10-13(4)14(5,6)7/h8-10H,1,4H2,2-3,5-7H3/b9-8-,12-10+. The molecule has 0 atom stereocenters. The van der Waals surface area contributed by atoms with Crippen molar-refractivity contribution in [1.29, 1.82) is 0 Å². The van der Waals surface area contributed by atoms with Gasteiger partial charge in [0.2, 0.25) is 0 Å². The monoisotopic (exact) mass is 190 g/mol. The Bertz CT molecular complexity index is 280. The molecule has 0 bridgehead atoms. The molecule has 0 aliphatic carbocycles. The van der Waals surface area contributed by atoms with Crippen LogP contribution in [0.25, 0.3) is 0 Å². The molecule has 14 heavy (non-hydrogen) atoms. The van der Waals surface area contributed by atoms with Crippen LogP contribution in [0.5, 0.6) is 0 Å². The van der Waals surface area contributed by atoms with Gasteiger partial charge in [0.25, 0.3) is 0 Å². The van der Waals surface area contributed by atoms with Crippen LogP contribution in [0.15, 0.2) is 48.1 Å². The zero-order valence-electron chi connectivity index (χ0n) is 10.1. The molecule has 0 N–H and O–H groups in total. The van der Waals surface area contributed by atoms with Gasteiger partial charge in [-0.05, 0) is 24.8 Å². The van der Waals surface area contributed by atoms with E-state index in [0.717, 1.165) is 11.1 Å². The highest BCUT2D eigenvalue weighted by Gasteiger charge is 2.11. The second-order valence-electron chi connectivity index (χ2n) is 4.84. The Hall–Kier alpha value is -1.04. The van der Waals surface area contributed by atoms with E-state index in [1.54, 1.807) is 0 Å². The van der Waals surface area contributed by atoms with Crippen LogP contribution in [0.2, 0.25) is 0 Å². The van der Waals surface area contributed by atoms with Gasteiger partial charge in [0.15, 0.2) is 0 Å². The van der Waals surface area contributed by atoms with Gasteiger partial charge in [0.1, 0.15) is 0 Å². The minimum Gasteiger partial charge on any atom is -0.0961 e. The molecule has 0 heteroatoms. The molecule has 0 rings (SSSR count). The third-order valence-electron chi connectivity index (χ3n) is 2.00. The third kappa shape index (κ3) is 5.58. The predicted molar refractivity (Wildman–Crippen MR) is 66.3 cm³/mol. The molecule has 0 aliphatic rings. The van der Waals surface area contributed by atoms with Crippen molar-refractivity contribution in [2.45, 2.75) is 34.6 Å². The molecule has 0 heterocycles. The van der Waals surface area contributed by atoms with Gasteiger partial charge in [-0.1, -0.05) is 63.3 Å². The largest absolute Gasteiger partial charge is 0.0961 e. The van der Waals surface area contributed by atoms with Crippen molar-refractivity contribution in [3.05, 3.63) is 48.1 Å². The maximum absolute atomic E-state index is 4.06. The molecule has 0 aliphatic heterocycles. The van der Waals surface area contributed by atoms with E-state index in [1.165, 1.54) is 5.57 Å². The highest BCUT2D eigenvalue weighted by Crippen LogP contribution is 2.25. The fourth-order valence-electron chi connectivity index (χ4n) is 0.813. The van der Waals surface area contributed by atoms with Crippen molar-refractivity contribution in [1.82, 2.24) is 0 Å². The average molecular weight is 190 g/mol. The quantitative estimate of drug-likeness (QED) is 0.567. The van der Waals surface area contributed by atoms with Crippen LogP contribution < -0.4 is 0 Å². The summed E-state index contributed by atoms with van der Waals surface area (Å²) in [4.78, 5) is 0. The van der Waals surface area contributed by atoms with Gasteiger partial charge in [0, 0.05) is 0 Å². The van der Waals surface area contributed by atoms with Gasteiger partial charge < -0.3 is 0 Å². The first-order valence-corrected chi connectivity index (χ1v) is 4.95. The van der Waals surface area contributed by atoms with Gasteiger partial charge in [-0.3, -0.25) is 0 Å². The van der Waals surface area contributed by atoms with Crippen LogP contribution in [0.4, 0.5) is 0 Å². The summed E-state index contributed by atoms with van der Waals surface area (Å²) in [6, 6.07) is 0. The van der Waals surface area contributed by atoms with Crippen LogP contribution in [-0.2, 0) is 0 Å². The van der Waals surface area contributed by atoms with Crippen LogP contribution in [0.3, 0.4) is 0 Å². The summed E-state index contributed by atoms with van der Waals surface area (Å²) in [5.41, 5.74) is 3.59. The van der Waals surface area contributed by atoms with E-state index in [9.17, 15) is 0 Å². The Morgan fingerprint density at radius 3 is 1.86 bits per heavy atom. The van der Waals surface area contributed by atoms with Crippen LogP contribution >= 0.6 is 0 Å². The number of rotatable bonds is 3. The topological polar surface area (TPSA) is 0 Å². The van der Waals surface area contributed by atoms with Crippen LogP contribution in [-0.4, -0.2) is 0 Å². The Morgan fingerprint density at radius 1 is 1.00 bits per heavy atom. The second kappa shape index (κ2) is 4.99. The van der Waals surface area contributed by atoms with Crippen molar-refractivity contribution in [2.75, 3.05) is 0 Å². The van der Waals surface area contributed by atoms with Gasteiger partial charge >= 0.3 is 0 Å². The first-order valence-electron chi connectivity index (χ1n) is 4.95. The summed E-state index contributed by atoms with van der Waals surface area (Å²) in [6.45, 7) is 18.5. The Labute approximate surface area is 88.7 Å². The van der Waals surface area contributed by atoms with Crippen molar-refractivity contribution in [3.8, 4) is 0 Å². The molecule has 0 aromatic heterocycles. The first kappa shape index (κ1) is 13.0. The molecule has 0 saturated carbocycles. The Morgan fingerprint density at radius 2 is 1.50 bits per heavy atom. The predicted octanol–water partition coefficient (Wildman–Crippen LogP) is 4.67. The summed E-state index contributed by atoms with van der Waals surface area (Å²) in [7, 11) is 0. The summed E-state index contributed by atoms with van der Waals surface area (Å²) >= 11 is 0. The van der Waals surface area contributed by atoms with E-state index in [-0.39, 0.29) is 5.41 Å². The molecular formula is C14H22. The molecule has 78 valence electrons. The number of allylic oxidation sites excluding steroid dienone is 6. The Kier molecular flexibility index (Phi) is 4.62. The SMILES string of the molecule is C=C(C)/C=C\C(C)=C\C(=C)C(C)(C)C. The number of hydrogen-bond donors (Lipinski definition) is 0. The molecule has 0 spiro atoms. The van der Waals surface area contributed by atoms with Crippen molar-refractivity contribution < 1.29 is 0 Å². The lowest BCUT2D eigenvalue weighted by Gasteiger charge is -2.19. The van der Waals surface area contributed by atoms with Crippen molar-refractivity contribution >= 4 is 0 Å². The molecule has 0 aromatic carbocycles. The molecule has 0 saturated heterocycles. The van der Waals surface area contributed by atoms with E-state index in [0.29, 0.717) is 0 Å². The summed E-state index contributed by atoms with van der Waals surface area (Å²) < 4.78 is 0. The minimum absolute atomic E-state index is 0.151. The fourth-order valence-corrected chi connectivity index (χ4v) is 0.813. The van der Waals surface area contributed by atoms with E-state index in [4.69, 9.17) is 0 Å². The molecule has 0 radical (unpaired) electrons. The highest BCUT2D eigenvalue weighted by molar-refractivity contribution is 5.32. The smallest absolute Gasteiger partial charge is 0.0138 e. The number of hydrogen-bond acceptors (Lipinski definition) is 0. The van der Waals surface area contributed by atoms with Gasteiger partial charge in [0.05, 0.1) is 0 Å². The summed E-state index contributed by atoms with van der Waals surface area (Å²) in [6.07, 6.45) is 6.21. The summed E-state index contributed by atoms with van der Waals surface area (Å²) in [5.74, 6) is 0. The fraction of sp³-hybridized carbons (Fsp3) is 0.429. The molecule has 0 aromatic rings. The molecule has 0 amide bonds. The maximum atomic E-state index is 4.06. The van der Waals surface area contributed by atoms with Gasteiger partial charge in [-0.15, -0.1) is 0 Å². The summed E-state index contributed by atoms with van der Waals surface area (Å²) in [5, 5.41) is 0. The molecule has 0 nitrogen and oxygen atoms in total. The zero-order valence-corrected chi connectivity index (χ0v) is 10.1. The lowest BCUT2D eigenvalue weighted by molar-refractivity contribution is 0.518. The first-order chi connectivity index (χ1) is 6.23. The van der Waals surface area contributed by atoms with E-state index in [1.807, 2.05) is 13.0 Å². The van der Waals surface area contributed by atoms with Crippen LogP contribution in [0, 0.1) is 5.41 Å². The van der Waals surface area contributed by atoms with Crippen molar-refractivity contribution in [3.63, 3.8) is 0 Å². The van der Waals surface area contributed by atoms with E-state index in [2.05, 4.69) is 53.0 Å². The van der Waals surface area contributed by atoms with E-state index < -0.39 is 0 Å². The second-order valence-corrected chi connectivity index (χ2v) is 4.84. The Balaban J connectivity index is 4.54. The van der Waals surface area contributed by atoms with E-state index >= 15 is 0 Å². The molecule has 0 fully saturated rings. The van der Waals surface area contributed by atoms with Crippen molar-refractivity contribution in [2.24, 2.45) is 5.41 Å². The average Bonchev–Trinajstić information content (AvgIpc) is 1.99. The molecule has 0 unspecified atom stereocenters. The van der Waals surface area contributed by atoms with Gasteiger partial charge in [-0.25, -0.2) is 0 Å². The lowest BCUT2D eigenvalue weighted by Crippen LogP contribution is -2.06. The third-order valence-corrected chi connectivity index (χ3v) is 2.00. The zero-order chi connectivity index (χ0) is 11.4. The molecular weight excluding hydrogens is 168 g/mol. The van der Waals surface area contributed by atoms with Gasteiger partial charge in [-0.2, -0.15) is 0 Å². The highest BCUT2D eigenvalue weighted by atomic mass is 14.2. The minimum atomic E-state index is 0.151. The normalized spacial score (nSPS) is 13.4. The lowest BCUT2D eigenvalue weighted by atomic mass is 9.86. The maximum Gasteiger partial charge on any atom is -0.0138 e. The van der Waals surface area contributed by atoms with Crippen LogP contribution in [0.1, 0.15) is 34.6 Å².